The van der Waals surface area contributed by atoms with Gasteiger partial charge < -0.3 is 9.47 Å². The van der Waals surface area contributed by atoms with E-state index < -0.39 is 0 Å². The molecule has 0 spiro atoms. The molecular formula is C10H14N2O3. The SMILES string of the molecule is COc1nccnc1C(=O)COC(C)C. The topological polar surface area (TPSA) is 61.3 Å². The van der Waals surface area contributed by atoms with Crippen LogP contribution >= 0.6 is 0 Å². The average molecular weight is 210 g/mol. The maximum absolute atomic E-state index is 11.6. The standard InChI is InChI=1S/C10H14N2O3/c1-7(2)15-6-8(13)9-10(14-3)12-5-4-11-9/h4-5,7H,6H2,1-3H3. The van der Waals surface area contributed by atoms with E-state index in [-0.39, 0.29) is 30.1 Å². The molecular weight excluding hydrogens is 196 g/mol. The van der Waals surface area contributed by atoms with Gasteiger partial charge in [-0.1, -0.05) is 0 Å². The Balaban J connectivity index is 2.72. The zero-order chi connectivity index (χ0) is 11.3. The number of ketones is 1. The highest BCUT2D eigenvalue weighted by molar-refractivity contribution is 5.97. The second-order valence-electron chi connectivity index (χ2n) is 3.20. The third-order valence-corrected chi connectivity index (χ3v) is 1.67. The molecule has 1 aromatic rings. The summed E-state index contributed by atoms with van der Waals surface area (Å²) < 4.78 is 10.1. The molecule has 1 rings (SSSR count). The molecule has 0 aromatic carbocycles. The first kappa shape index (κ1) is 11.6. The van der Waals surface area contributed by atoms with Crippen molar-refractivity contribution in [2.24, 2.45) is 0 Å². The molecule has 0 atom stereocenters. The van der Waals surface area contributed by atoms with Gasteiger partial charge in [-0.2, -0.15) is 0 Å². The third-order valence-electron chi connectivity index (χ3n) is 1.67. The Morgan fingerprint density at radius 3 is 2.67 bits per heavy atom. The van der Waals surface area contributed by atoms with Gasteiger partial charge in [0.15, 0.2) is 5.69 Å². The summed E-state index contributed by atoms with van der Waals surface area (Å²) in [6, 6.07) is 0. The van der Waals surface area contributed by atoms with Crippen LogP contribution in [0.2, 0.25) is 0 Å². The number of carbonyl (C=O) groups is 1. The molecule has 0 bridgehead atoms. The molecule has 0 aliphatic carbocycles. The van der Waals surface area contributed by atoms with Crippen molar-refractivity contribution in [2.75, 3.05) is 13.7 Å². The summed E-state index contributed by atoms with van der Waals surface area (Å²) in [4.78, 5) is 19.4. The van der Waals surface area contributed by atoms with Crippen molar-refractivity contribution in [3.63, 3.8) is 0 Å². The van der Waals surface area contributed by atoms with Crippen molar-refractivity contribution >= 4 is 5.78 Å². The van der Waals surface area contributed by atoms with Gasteiger partial charge in [-0.15, -0.1) is 0 Å². The molecule has 0 aliphatic heterocycles. The molecule has 5 heteroatoms. The van der Waals surface area contributed by atoms with Crippen molar-refractivity contribution in [2.45, 2.75) is 20.0 Å². The number of aromatic nitrogens is 2. The fraction of sp³-hybridized carbons (Fsp3) is 0.500. The van der Waals surface area contributed by atoms with E-state index in [2.05, 4.69) is 9.97 Å². The summed E-state index contributed by atoms with van der Waals surface area (Å²) in [7, 11) is 1.45. The minimum absolute atomic E-state index is 0.00722. The van der Waals surface area contributed by atoms with Crippen LogP contribution < -0.4 is 4.74 Å². The number of rotatable bonds is 5. The van der Waals surface area contributed by atoms with Crippen molar-refractivity contribution < 1.29 is 14.3 Å². The lowest BCUT2D eigenvalue weighted by molar-refractivity contribution is 0.0577. The first-order valence-electron chi connectivity index (χ1n) is 4.65. The van der Waals surface area contributed by atoms with Gasteiger partial charge in [-0.3, -0.25) is 4.79 Å². The van der Waals surface area contributed by atoms with Crippen molar-refractivity contribution in [3.05, 3.63) is 18.1 Å². The maximum Gasteiger partial charge on any atom is 0.243 e. The molecule has 0 aliphatic rings. The Kier molecular flexibility index (Phi) is 4.17. The number of ether oxygens (including phenoxy) is 2. The van der Waals surface area contributed by atoms with Gasteiger partial charge in [0, 0.05) is 12.4 Å². The number of Topliss-reactive ketones (excluding diaryl/α,β-unsaturated/α-hetero) is 1. The molecule has 0 N–H and O–H groups in total. The highest BCUT2D eigenvalue weighted by Gasteiger charge is 2.15. The maximum atomic E-state index is 11.6. The van der Waals surface area contributed by atoms with E-state index in [0.717, 1.165) is 0 Å². The summed E-state index contributed by atoms with van der Waals surface area (Å²) in [6.45, 7) is 3.72. The Morgan fingerprint density at radius 1 is 1.40 bits per heavy atom. The zero-order valence-corrected chi connectivity index (χ0v) is 9.06. The molecule has 0 saturated carbocycles. The first-order chi connectivity index (χ1) is 7.15. The molecule has 0 unspecified atom stereocenters. The van der Waals surface area contributed by atoms with E-state index in [0.29, 0.717) is 0 Å². The number of hydrogen-bond acceptors (Lipinski definition) is 5. The molecule has 0 saturated heterocycles. The van der Waals surface area contributed by atoms with Gasteiger partial charge in [-0.05, 0) is 13.8 Å². The van der Waals surface area contributed by atoms with E-state index in [1.54, 1.807) is 0 Å². The van der Waals surface area contributed by atoms with Crippen LogP contribution in [-0.2, 0) is 4.74 Å². The van der Waals surface area contributed by atoms with Crippen molar-refractivity contribution in [1.82, 2.24) is 9.97 Å². The Hall–Kier alpha value is -1.49. The summed E-state index contributed by atoms with van der Waals surface area (Å²) in [5.41, 5.74) is 0.209. The number of carbonyl (C=O) groups excluding carboxylic acids is 1. The molecule has 5 nitrogen and oxygen atoms in total. The highest BCUT2D eigenvalue weighted by atomic mass is 16.5. The Labute approximate surface area is 88.4 Å². The van der Waals surface area contributed by atoms with E-state index in [1.807, 2.05) is 13.8 Å². The molecule has 82 valence electrons. The third kappa shape index (κ3) is 3.28. The molecule has 1 aromatic heterocycles. The lowest BCUT2D eigenvalue weighted by Gasteiger charge is -2.07. The predicted molar refractivity (Wildman–Crippen MR) is 54.0 cm³/mol. The van der Waals surface area contributed by atoms with Crippen LogP contribution in [0.25, 0.3) is 0 Å². The van der Waals surface area contributed by atoms with Gasteiger partial charge in [0.05, 0.1) is 13.2 Å². The monoisotopic (exact) mass is 210 g/mol. The van der Waals surface area contributed by atoms with Crippen LogP contribution in [0.1, 0.15) is 24.3 Å². The van der Waals surface area contributed by atoms with Crippen LogP contribution in [-0.4, -0.2) is 35.6 Å². The van der Waals surface area contributed by atoms with Crippen LogP contribution in [0.15, 0.2) is 12.4 Å². The number of hydrogen-bond donors (Lipinski definition) is 0. The van der Waals surface area contributed by atoms with Crippen LogP contribution in [0.3, 0.4) is 0 Å². The van der Waals surface area contributed by atoms with Gasteiger partial charge in [0.2, 0.25) is 11.7 Å². The van der Waals surface area contributed by atoms with Gasteiger partial charge in [0.25, 0.3) is 0 Å². The van der Waals surface area contributed by atoms with Crippen molar-refractivity contribution in [1.29, 1.82) is 0 Å². The average Bonchev–Trinajstić information content (AvgIpc) is 2.25. The zero-order valence-electron chi connectivity index (χ0n) is 9.06. The summed E-state index contributed by atoms with van der Waals surface area (Å²) >= 11 is 0. The molecule has 0 radical (unpaired) electrons. The van der Waals surface area contributed by atoms with Gasteiger partial charge >= 0.3 is 0 Å². The number of nitrogens with zero attached hydrogens (tertiary/aromatic N) is 2. The molecule has 0 amide bonds. The van der Waals surface area contributed by atoms with E-state index in [1.165, 1.54) is 19.5 Å². The second kappa shape index (κ2) is 5.41. The molecule has 0 fully saturated rings. The van der Waals surface area contributed by atoms with Gasteiger partial charge in [-0.25, -0.2) is 9.97 Å². The van der Waals surface area contributed by atoms with Crippen molar-refractivity contribution in [3.8, 4) is 5.88 Å². The minimum atomic E-state index is -0.228. The number of methoxy groups -OCH3 is 1. The van der Waals surface area contributed by atoms with E-state index in [4.69, 9.17) is 9.47 Å². The normalized spacial score (nSPS) is 10.4. The Bertz CT molecular complexity index is 339. The largest absolute Gasteiger partial charge is 0.479 e. The summed E-state index contributed by atoms with van der Waals surface area (Å²) in [6.07, 6.45) is 2.93. The van der Waals surface area contributed by atoms with Crippen LogP contribution in [0.5, 0.6) is 5.88 Å². The Morgan fingerprint density at radius 2 is 2.07 bits per heavy atom. The fourth-order valence-electron chi connectivity index (χ4n) is 0.977. The molecule has 1 heterocycles. The van der Waals surface area contributed by atoms with Crippen LogP contribution in [0, 0.1) is 0 Å². The predicted octanol–water partition coefficient (Wildman–Crippen LogP) is 1.09. The lowest BCUT2D eigenvalue weighted by atomic mass is 10.3. The summed E-state index contributed by atoms with van der Waals surface area (Å²) in [5, 5.41) is 0. The van der Waals surface area contributed by atoms with Crippen LogP contribution in [0.4, 0.5) is 0 Å². The highest BCUT2D eigenvalue weighted by Crippen LogP contribution is 2.11. The quantitative estimate of drug-likeness (QED) is 0.681. The minimum Gasteiger partial charge on any atom is -0.479 e. The smallest absolute Gasteiger partial charge is 0.243 e. The molecule has 15 heavy (non-hydrogen) atoms. The first-order valence-corrected chi connectivity index (χ1v) is 4.65. The van der Waals surface area contributed by atoms with Gasteiger partial charge in [0.1, 0.15) is 6.61 Å². The van der Waals surface area contributed by atoms with E-state index >= 15 is 0 Å². The van der Waals surface area contributed by atoms with E-state index in [9.17, 15) is 4.79 Å². The summed E-state index contributed by atoms with van der Waals surface area (Å²) in [5.74, 6) is 0.00325. The fourth-order valence-corrected chi connectivity index (χ4v) is 0.977. The second-order valence-corrected chi connectivity index (χ2v) is 3.20. The lowest BCUT2D eigenvalue weighted by Crippen LogP contribution is -2.16.